The van der Waals surface area contributed by atoms with Crippen molar-refractivity contribution in [2.75, 3.05) is 26.7 Å². The molecule has 2 N–H and O–H groups in total. The molecule has 25 heavy (non-hydrogen) atoms. The highest BCUT2D eigenvalue weighted by atomic mass is 16.4. The van der Waals surface area contributed by atoms with E-state index in [4.69, 9.17) is 4.42 Å². The molecule has 0 bridgehead atoms. The van der Waals surface area contributed by atoms with Gasteiger partial charge < -0.3 is 14.8 Å². The minimum atomic E-state index is -0.855. The fourth-order valence-corrected chi connectivity index (χ4v) is 3.35. The fraction of sp³-hybridized carbons (Fsp3) is 0.667. The molecule has 1 amide bonds. The third-order valence-corrected chi connectivity index (χ3v) is 4.90. The van der Waals surface area contributed by atoms with Gasteiger partial charge in [0.05, 0.1) is 0 Å². The monoisotopic (exact) mass is 351 g/mol. The minimum absolute atomic E-state index is 0.181. The molecule has 1 aliphatic heterocycles. The van der Waals surface area contributed by atoms with Crippen LogP contribution in [0.3, 0.4) is 0 Å². The van der Waals surface area contributed by atoms with Crippen molar-refractivity contribution in [1.82, 2.24) is 15.1 Å². The van der Waals surface area contributed by atoms with Crippen LogP contribution in [-0.4, -0.2) is 65.5 Å². The zero-order chi connectivity index (χ0) is 18.6. The van der Waals surface area contributed by atoms with Crippen LogP contribution in [0.25, 0.3) is 0 Å². The van der Waals surface area contributed by atoms with Gasteiger partial charge in [-0.15, -0.1) is 0 Å². The summed E-state index contributed by atoms with van der Waals surface area (Å²) in [5.41, 5.74) is 1.04. The van der Waals surface area contributed by atoms with Crippen molar-refractivity contribution < 1.29 is 19.1 Å². The third kappa shape index (κ3) is 4.61. The number of aliphatic carboxylic acids is 1. The van der Waals surface area contributed by atoms with Gasteiger partial charge in [-0.05, 0) is 32.6 Å². The predicted octanol–water partition coefficient (Wildman–Crippen LogP) is 1.57. The Morgan fingerprint density at radius 1 is 1.36 bits per heavy atom. The van der Waals surface area contributed by atoms with E-state index in [9.17, 15) is 14.7 Å². The Morgan fingerprint density at radius 2 is 2.04 bits per heavy atom. The lowest BCUT2D eigenvalue weighted by Crippen LogP contribution is -2.36. The van der Waals surface area contributed by atoms with Gasteiger partial charge in [-0.25, -0.2) is 0 Å². The number of likely N-dealkylation sites (tertiary alicyclic amines) is 1. The number of furan rings is 1. The van der Waals surface area contributed by atoms with Crippen LogP contribution in [-0.2, 0) is 17.8 Å². The van der Waals surface area contributed by atoms with Gasteiger partial charge in [-0.3, -0.25) is 19.4 Å². The average Bonchev–Trinajstić information content (AvgIpc) is 3.15. The number of nitrogens with zero attached hydrogens (tertiary/aromatic N) is 2. The van der Waals surface area contributed by atoms with Gasteiger partial charge in [0, 0.05) is 31.1 Å². The lowest BCUT2D eigenvalue weighted by Gasteiger charge is -2.17. The Labute approximate surface area is 149 Å². The molecule has 140 valence electrons. The molecule has 0 radical (unpaired) electrons. The van der Waals surface area contributed by atoms with E-state index in [0.29, 0.717) is 18.7 Å². The molecule has 2 rings (SSSR count). The Kier molecular flexibility index (Phi) is 6.61. The van der Waals surface area contributed by atoms with Crippen LogP contribution in [0.1, 0.15) is 49.1 Å². The zero-order valence-corrected chi connectivity index (χ0v) is 15.5. The van der Waals surface area contributed by atoms with Crippen LogP contribution < -0.4 is 5.32 Å². The first-order chi connectivity index (χ1) is 11.9. The summed E-state index contributed by atoms with van der Waals surface area (Å²) >= 11 is 0. The van der Waals surface area contributed by atoms with E-state index in [1.165, 1.54) is 0 Å². The highest BCUT2D eigenvalue weighted by Gasteiger charge is 2.35. The standard InChI is InChI=1S/C18H29N3O4/c1-5-15-12(10-21(6-2)7-3)8-16(25-15)17(22)19-13-9-14(18(23)24)20(4)11-13/h8,13-14H,5-7,9-11H2,1-4H3,(H,19,22)(H,23,24)/t13-,14-/m0/s1. The summed E-state index contributed by atoms with van der Waals surface area (Å²) in [6, 6.07) is 1.09. The average molecular weight is 351 g/mol. The van der Waals surface area contributed by atoms with Gasteiger partial charge in [0.1, 0.15) is 11.8 Å². The number of hydrogen-bond donors (Lipinski definition) is 2. The molecule has 0 aliphatic carbocycles. The Bertz CT molecular complexity index is 609. The molecule has 0 spiro atoms. The van der Waals surface area contributed by atoms with E-state index >= 15 is 0 Å². The van der Waals surface area contributed by atoms with Crippen molar-refractivity contribution >= 4 is 11.9 Å². The van der Waals surface area contributed by atoms with Crippen molar-refractivity contribution in [3.05, 3.63) is 23.2 Å². The molecule has 1 fully saturated rings. The molecule has 2 heterocycles. The van der Waals surface area contributed by atoms with E-state index in [1.807, 2.05) is 13.0 Å². The topological polar surface area (TPSA) is 86.0 Å². The van der Waals surface area contributed by atoms with E-state index in [1.54, 1.807) is 11.9 Å². The molecular formula is C18H29N3O4. The van der Waals surface area contributed by atoms with Crippen LogP contribution in [0.2, 0.25) is 0 Å². The van der Waals surface area contributed by atoms with Gasteiger partial charge >= 0.3 is 5.97 Å². The fourth-order valence-electron chi connectivity index (χ4n) is 3.35. The number of carboxylic acid groups (broad SMARTS) is 1. The maximum Gasteiger partial charge on any atom is 0.320 e. The summed E-state index contributed by atoms with van der Waals surface area (Å²) in [5.74, 6) is 0.0152. The molecule has 1 aliphatic rings. The van der Waals surface area contributed by atoms with E-state index < -0.39 is 12.0 Å². The summed E-state index contributed by atoms with van der Waals surface area (Å²) in [7, 11) is 1.76. The highest BCUT2D eigenvalue weighted by Crippen LogP contribution is 2.20. The summed E-state index contributed by atoms with van der Waals surface area (Å²) in [6.45, 7) is 9.40. The summed E-state index contributed by atoms with van der Waals surface area (Å²) in [4.78, 5) is 27.7. The van der Waals surface area contributed by atoms with Gasteiger partial charge in [-0.1, -0.05) is 20.8 Å². The lowest BCUT2D eigenvalue weighted by molar-refractivity contribution is -0.141. The van der Waals surface area contributed by atoms with E-state index in [-0.39, 0.29) is 11.9 Å². The number of carbonyl (C=O) groups is 2. The predicted molar refractivity (Wildman–Crippen MR) is 94.6 cm³/mol. The Morgan fingerprint density at radius 3 is 2.56 bits per heavy atom. The molecule has 7 heteroatoms. The smallest absolute Gasteiger partial charge is 0.320 e. The first kappa shape index (κ1) is 19.5. The number of likely N-dealkylation sites (N-methyl/N-ethyl adjacent to an activating group) is 1. The van der Waals surface area contributed by atoms with Crippen LogP contribution in [0, 0.1) is 0 Å². The second-order valence-electron chi connectivity index (χ2n) is 6.57. The third-order valence-electron chi connectivity index (χ3n) is 4.90. The molecule has 7 nitrogen and oxygen atoms in total. The van der Waals surface area contributed by atoms with Crippen molar-refractivity contribution in [1.29, 1.82) is 0 Å². The minimum Gasteiger partial charge on any atom is -0.480 e. The Balaban J connectivity index is 2.05. The van der Waals surface area contributed by atoms with Crippen molar-refractivity contribution in [3.63, 3.8) is 0 Å². The number of aryl methyl sites for hydroxylation is 1. The largest absolute Gasteiger partial charge is 0.480 e. The van der Waals surface area contributed by atoms with Crippen LogP contribution in [0.15, 0.2) is 10.5 Å². The second kappa shape index (κ2) is 8.49. The molecule has 0 saturated carbocycles. The van der Waals surface area contributed by atoms with Gasteiger partial charge in [0.15, 0.2) is 5.76 Å². The van der Waals surface area contributed by atoms with Crippen LogP contribution >= 0.6 is 0 Å². The maximum atomic E-state index is 12.5. The quantitative estimate of drug-likeness (QED) is 0.739. The van der Waals surface area contributed by atoms with E-state index in [2.05, 4.69) is 24.1 Å². The van der Waals surface area contributed by atoms with Gasteiger partial charge in [0.2, 0.25) is 0 Å². The Hall–Kier alpha value is -1.86. The van der Waals surface area contributed by atoms with Gasteiger partial charge in [-0.2, -0.15) is 0 Å². The first-order valence-corrected chi connectivity index (χ1v) is 8.97. The van der Waals surface area contributed by atoms with Crippen molar-refractivity contribution in [2.24, 2.45) is 0 Å². The zero-order valence-electron chi connectivity index (χ0n) is 15.5. The first-order valence-electron chi connectivity index (χ1n) is 8.97. The number of carboxylic acids is 1. The number of amides is 1. The number of nitrogens with one attached hydrogen (secondary N) is 1. The molecule has 1 aromatic heterocycles. The highest BCUT2D eigenvalue weighted by molar-refractivity contribution is 5.92. The summed E-state index contributed by atoms with van der Waals surface area (Å²) < 4.78 is 5.76. The summed E-state index contributed by atoms with van der Waals surface area (Å²) in [5, 5.41) is 12.1. The van der Waals surface area contributed by atoms with Gasteiger partial charge in [0.25, 0.3) is 5.91 Å². The second-order valence-corrected chi connectivity index (χ2v) is 6.57. The molecule has 0 unspecified atom stereocenters. The summed E-state index contributed by atoms with van der Waals surface area (Å²) in [6.07, 6.45) is 1.14. The lowest BCUT2D eigenvalue weighted by atomic mass is 10.1. The molecule has 2 atom stereocenters. The number of carbonyl (C=O) groups excluding carboxylic acids is 1. The normalized spacial score (nSPS) is 21.0. The molecule has 1 aromatic rings. The van der Waals surface area contributed by atoms with Crippen molar-refractivity contribution in [3.8, 4) is 0 Å². The van der Waals surface area contributed by atoms with Crippen LogP contribution in [0.4, 0.5) is 0 Å². The molecule has 1 saturated heterocycles. The maximum absolute atomic E-state index is 12.5. The molecule has 0 aromatic carbocycles. The number of hydrogen-bond acceptors (Lipinski definition) is 5. The van der Waals surface area contributed by atoms with Crippen molar-refractivity contribution in [2.45, 2.75) is 52.2 Å². The van der Waals surface area contributed by atoms with E-state index in [0.717, 1.165) is 37.4 Å². The molecular weight excluding hydrogens is 322 g/mol. The SMILES string of the molecule is CCc1oc(C(=O)N[C@H]2C[C@@H](C(=O)O)N(C)C2)cc1CN(CC)CC. The number of rotatable bonds is 8. The van der Waals surface area contributed by atoms with Crippen LogP contribution in [0.5, 0.6) is 0 Å².